The van der Waals surface area contributed by atoms with Crippen molar-refractivity contribution in [2.24, 2.45) is 0 Å². The Bertz CT molecular complexity index is 1130. The number of hydrogen-bond donors (Lipinski definition) is 0. The molecule has 1 unspecified atom stereocenters. The molecule has 2 heterocycles. The minimum atomic E-state index is -0.577. The van der Waals surface area contributed by atoms with E-state index in [4.69, 9.17) is 14.2 Å². The lowest BCUT2D eigenvalue weighted by molar-refractivity contribution is -0.122. The van der Waals surface area contributed by atoms with Crippen molar-refractivity contribution in [2.45, 2.75) is 26.6 Å². The monoisotopic (exact) mass is 419 g/mol. The average molecular weight is 419 g/mol. The van der Waals surface area contributed by atoms with E-state index in [1.165, 1.54) is 27.2 Å². The summed E-state index contributed by atoms with van der Waals surface area (Å²) in [6.07, 6.45) is 1.33. The molecular formula is C24H21NO6. The van der Waals surface area contributed by atoms with Gasteiger partial charge in [-0.2, -0.15) is 0 Å². The molecular weight excluding hydrogens is 398 g/mol. The Balaban J connectivity index is 1.72. The van der Waals surface area contributed by atoms with E-state index < -0.39 is 18.1 Å². The van der Waals surface area contributed by atoms with Crippen molar-refractivity contribution in [2.75, 3.05) is 12.0 Å². The van der Waals surface area contributed by atoms with Crippen LogP contribution in [-0.2, 0) is 30.2 Å². The molecule has 0 fully saturated rings. The van der Waals surface area contributed by atoms with Crippen molar-refractivity contribution in [3.8, 4) is 0 Å². The van der Waals surface area contributed by atoms with E-state index in [-0.39, 0.29) is 22.9 Å². The molecule has 0 N–H and O–H groups in total. The summed E-state index contributed by atoms with van der Waals surface area (Å²) < 4.78 is 17.1. The zero-order valence-corrected chi connectivity index (χ0v) is 17.4. The van der Waals surface area contributed by atoms with E-state index in [9.17, 15) is 14.4 Å². The van der Waals surface area contributed by atoms with Gasteiger partial charge in [-0.25, -0.2) is 4.90 Å². The van der Waals surface area contributed by atoms with Crippen molar-refractivity contribution in [1.82, 2.24) is 0 Å². The lowest BCUT2D eigenvalue weighted by atomic mass is 10.0. The van der Waals surface area contributed by atoms with Crippen molar-refractivity contribution in [3.05, 3.63) is 83.0 Å². The van der Waals surface area contributed by atoms with Crippen LogP contribution in [0.25, 0.3) is 5.57 Å². The summed E-state index contributed by atoms with van der Waals surface area (Å²) in [4.78, 5) is 38.3. The lowest BCUT2D eigenvalue weighted by Gasteiger charge is -2.14. The highest BCUT2D eigenvalue weighted by Crippen LogP contribution is 2.42. The fraction of sp³-hybridized carbons (Fsp3) is 0.208. The van der Waals surface area contributed by atoms with Gasteiger partial charge in [0.15, 0.2) is 11.5 Å². The number of carbonyl (C=O) groups is 3. The zero-order valence-electron chi connectivity index (χ0n) is 17.4. The summed E-state index contributed by atoms with van der Waals surface area (Å²) in [6.45, 7) is 2.74. The van der Waals surface area contributed by atoms with E-state index in [0.29, 0.717) is 23.2 Å². The average Bonchev–Trinajstić information content (AvgIpc) is 3.31. The van der Waals surface area contributed by atoms with Gasteiger partial charge in [-0.1, -0.05) is 30.3 Å². The highest BCUT2D eigenvalue weighted by atomic mass is 16.7. The van der Waals surface area contributed by atoms with Crippen molar-refractivity contribution < 1.29 is 28.6 Å². The molecule has 158 valence electrons. The van der Waals surface area contributed by atoms with Crippen molar-refractivity contribution in [3.63, 3.8) is 0 Å². The SMILES string of the molecule is COC(C1=COC(Cc2ccccc2)O1)=C1C(=O)N(C(C)=O)c2ccc(C(C)=O)cc21. The van der Waals surface area contributed by atoms with Crippen LogP contribution in [0.3, 0.4) is 0 Å². The van der Waals surface area contributed by atoms with Crippen LogP contribution >= 0.6 is 0 Å². The van der Waals surface area contributed by atoms with E-state index in [1.54, 1.807) is 18.2 Å². The van der Waals surface area contributed by atoms with Gasteiger partial charge in [-0.15, -0.1) is 0 Å². The first-order valence-corrected chi connectivity index (χ1v) is 9.76. The number of rotatable bonds is 5. The third kappa shape index (κ3) is 3.70. The molecule has 0 radical (unpaired) electrons. The molecule has 1 atom stereocenters. The number of Topliss-reactive ketones (excluding diaryl/α,β-unsaturated/α-hetero) is 1. The van der Waals surface area contributed by atoms with Gasteiger partial charge in [0.25, 0.3) is 5.91 Å². The van der Waals surface area contributed by atoms with Crippen molar-refractivity contribution in [1.29, 1.82) is 0 Å². The van der Waals surface area contributed by atoms with E-state index in [0.717, 1.165) is 10.5 Å². The minimum absolute atomic E-state index is 0.144. The Morgan fingerprint density at radius 2 is 1.84 bits per heavy atom. The maximum Gasteiger partial charge on any atom is 0.269 e. The molecule has 2 amide bonds. The van der Waals surface area contributed by atoms with Crippen LogP contribution in [0.5, 0.6) is 0 Å². The summed E-state index contributed by atoms with van der Waals surface area (Å²) in [5.74, 6) is -0.747. The molecule has 0 spiro atoms. The quantitative estimate of drug-likeness (QED) is 0.418. The smallest absolute Gasteiger partial charge is 0.269 e. The molecule has 0 saturated carbocycles. The topological polar surface area (TPSA) is 82.1 Å². The number of ketones is 1. The van der Waals surface area contributed by atoms with Crippen LogP contribution in [0.2, 0.25) is 0 Å². The minimum Gasteiger partial charge on any atom is -0.492 e. The number of ether oxygens (including phenoxy) is 3. The number of anilines is 1. The third-order valence-corrected chi connectivity index (χ3v) is 5.13. The number of amides is 2. The number of benzene rings is 2. The number of nitrogens with zero attached hydrogens (tertiary/aromatic N) is 1. The molecule has 7 nitrogen and oxygen atoms in total. The summed E-state index contributed by atoms with van der Waals surface area (Å²) >= 11 is 0. The Morgan fingerprint density at radius 1 is 1.10 bits per heavy atom. The second-order valence-electron chi connectivity index (χ2n) is 7.21. The largest absolute Gasteiger partial charge is 0.492 e. The lowest BCUT2D eigenvalue weighted by Crippen LogP contribution is -2.31. The summed E-state index contributed by atoms with van der Waals surface area (Å²) in [7, 11) is 1.41. The fourth-order valence-electron chi connectivity index (χ4n) is 3.68. The predicted molar refractivity (Wildman–Crippen MR) is 113 cm³/mol. The first-order chi connectivity index (χ1) is 14.9. The molecule has 0 saturated heterocycles. The molecule has 31 heavy (non-hydrogen) atoms. The zero-order chi connectivity index (χ0) is 22.1. The van der Waals surface area contributed by atoms with Gasteiger partial charge in [0.2, 0.25) is 18.0 Å². The number of fused-ring (bicyclic) bond motifs is 1. The van der Waals surface area contributed by atoms with E-state index >= 15 is 0 Å². The van der Waals surface area contributed by atoms with E-state index in [1.807, 2.05) is 30.3 Å². The van der Waals surface area contributed by atoms with Gasteiger partial charge < -0.3 is 14.2 Å². The number of hydrogen-bond acceptors (Lipinski definition) is 6. The Hall–Kier alpha value is -3.87. The van der Waals surface area contributed by atoms with Gasteiger partial charge in [-0.3, -0.25) is 14.4 Å². The Kier molecular flexibility index (Phi) is 5.33. The van der Waals surface area contributed by atoms with Crippen LogP contribution in [0, 0.1) is 0 Å². The normalized spacial score (nSPS) is 18.7. The maximum absolute atomic E-state index is 13.2. The third-order valence-electron chi connectivity index (χ3n) is 5.13. The van der Waals surface area contributed by atoms with E-state index in [2.05, 4.69) is 0 Å². The summed E-state index contributed by atoms with van der Waals surface area (Å²) in [5.41, 5.74) is 2.42. The molecule has 2 aliphatic heterocycles. The van der Waals surface area contributed by atoms with Gasteiger partial charge in [0.05, 0.1) is 18.4 Å². The van der Waals surface area contributed by atoms with Gasteiger partial charge in [-0.05, 0) is 30.7 Å². The van der Waals surface area contributed by atoms with Crippen LogP contribution in [0.4, 0.5) is 5.69 Å². The number of methoxy groups -OCH3 is 1. The molecule has 4 rings (SSSR count). The second kappa shape index (κ2) is 8.10. The Morgan fingerprint density at radius 3 is 2.48 bits per heavy atom. The van der Waals surface area contributed by atoms with Crippen LogP contribution in [-0.4, -0.2) is 31.0 Å². The molecule has 0 aliphatic carbocycles. The second-order valence-corrected chi connectivity index (χ2v) is 7.21. The summed E-state index contributed by atoms with van der Waals surface area (Å²) in [6, 6.07) is 14.5. The van der Waals surface area contributed by atoms with Crippen LogP contribution in [0.1, 0.15) is 35.3 Å². The number of carbonyl (C=O) groups excluding carboxylic acids is 3. The van der Waals surface area contributed by atoms with Crippen LogP contribution < -0.4 is 4.90 Å². The standard InChI is InChI=1S/C24H21NO6/c1-14(26)17-9-10-19-18(12-17)22(24(28)25(19)15(2)27)23(29-3)20-13-30-21(31-20)11-16-7-5-4-6-8-16/h4-10,12-13,21H,11H2,1-3H3. The maximum atomic E-state index is 13.2. The highest BCUT2D eigenvalue weighted by molar-refractivity contribution is 6.40. The first kappa shape index (κ1) is 20.4. The molecule has 2 aliphatic rings. The fourth-order valence-corrected chi connectivity index (χ4v) is 3.68. The first-order valence-electron chi connectivity index (χ1n) is 9.76. The summed E-state index contributed by atoms with van der Waals surface area (Å²) in [5, 5.41) is 0. The molecule has 0 aromatic heterocycles. The van der Waals surface area contributed by atoms with Gasteiger partial charge >= 0.3 is 0 Å². The molecule has 2 aromatic carbocycles. The van der Waals surface area contributed by atoms with Crippen molar-refractivity contribution >= 4 is 28.9 Å². The predicted octanol–water partition coefficient (Wildman–Crippen LogP) is 3.60. The number of imide groups is 1. The highest BCUT2D eigenvalue weighted by Gasteiger charge is 2.40. The Labute approximate surface area is 179 Å². The van der Waals surface area contributed by atoms with Crippen LogP contribution in [0.15, 0.2) is 66.3 Å². The molecule has 0 bridgehead atoms. The van der Waals surface area contributed by atoms with Gasteiger partial charge in [0, 0.05) is 24.5 Å². The molecule has 7 heteroatoms. The van der Waals surface area contributed by atoms with Gasteiger partial charge in [0.1, 0.15) is 6.26 Å². The molecule has 2 aromatic rings.